The van der Waals surface area contributed by atoms with E-state index in [0.29, 0.717) is 18.7 Å². The Kier molecular flexibility index (Phi) is 7.73. The van der Waals surface area contributed by atoms with E-state index in [1.807, 2.05) is 13.8 Å². The molecule has 166 valence electrons. The predicted molar refractivity (Wildman–Crippen MR) is 108 cm³/mol. The Morgan fingerprint density at radius 3 is 2.20 bits per heavy atom. The standard InChI is InChI=1S/C20H28N2O7S/c1-13-10-22(11-14(2)28-13)20(25)16(4)29-19(24)12-21(5)30(26,27)18-8-6-17(7-9-18)15(3)23/h6-9,13-14,16H,10-12H2,1-5H3. The van der Waals surface area contributed by atoms with Crippen LogP contribution in [0.2, 0.25) is 0 Å². The van der Waals surface area contributed by atoms with Gasteiger partial charge in [0.25, 0.3) is 5.91 Å². The summed E-state index contributed by atoms with van der Waals surface area (Å²) in [5.74, 6) is -1.37. The number of carbonyl (C=O) groups excluding carboxylic acids is 3. The molecule has 0 N–H and O–H groups in total. The van der Waals surface area contributed by atoms with Gasteiger partial charge in [0.1, 0.15) is 6.54 Å². The third-order valence-electron chi connectivity index (χ3n) is 4.71. The van der Waals surface area contributed by atoms with Crippen molar-refractivity contribution < 1.29 is 32.3 Å². The minimum absolute atomic E-state index is 0.0526. The molecule has 3 unspecified atom stereocenters. The summed E-state index contributed by atoms with van der Waals surface area (Å²) >= 11 is 0. The Bertz CT molecular complexity index is 888. The number of benzene rings is 1. The van der Waals surface area contributed by atoms with E-state index >= 15 is 0 Å². The maximum atomic E-state index is 12.6. The van der Waals surface area contributed by atoms with E-state index in [4.69, 9.17) is 9.47 Å². The van der Waals surface area contributed by atoms with Crippen LogP contribution in [0.3, 0.4) is 0 Å². The van der Waals surface area contributed by atoms with Gasteiger partial charge in [0.2, 0.25) is 10.0 Å². The second kappa shape index (κ2) is 9.67. The molecule has 1 fully saturated rings. The van der Waals surface area contributed by atoms with Crippen molar-refractivity contribution >= 4 is 27.7 Å². The molecular weight excluding hydrogens is 412 g/mol. The van der Waals surface area contributed by atoms with Crippen molar-refractivity contribution in [2.24, 2.45) is 0 Å². The average molecular weight is 441 g/mol. The lowest BCUT2D eigenvalue weighted by atomic mass is 10.2. The van der Waals surface area contributed by atoms with Gasteiger partial charge in [-0.05, 0) is 39.8 Å². The molecule has 10 heteroatoms. The summed E-state index contributed by atoms with van der Waals surface area (Å²) in [5.41, 5.74) is 0.384. The van der Waals surface area contributed by atoms with Gasteiger partial charge in [-0.15, -0.1) is 0 Å². The predicted octanol–water partition coefficient (Wildman–Crippen LogP) is 1.08. The van der Waals surface area contributed by atoms with E-state index in [1.165, 1.54) is 45.2 Å². The quantitative estimate of drug-likeness (QED) is 0.461. The zero-order valence-corrected chi connectivity index (χ0v) is 18.6. The van der Waals surface area contributed by atoms with Crippen LogP contribution in [0.1, 0.15) is 38.1 Å². The molecule has 0 spiro atoms. The van der Waals surface area contributed by atoms with Gasteiger partial charge in [-0.3, -0.25) is 14.4 Å². The van der Waals surface area contributed by atoms with E-state index in [9.17, 15) is 22.8 Å². The van der Waals surface area contributed by atoms with E-state index in [0.717, 1.165) is 4.31 Å². The highest BCUT2D eigenvalue weighted by molar-refractivity contribution is 7.89. The topological polar surface area (TPSA) is 110 Å². The lowest BCUT2D eigenvalue weighted by molar-refractivity contribution is -0.164. The van der Waals surface area contributed by atoms with Crippen LogP contribution in [0.5, 0.6) is 0 Å². The second-order valence-electron chi connectivity index (χ2n) is 7.47. The first kappa shape index (κ1) is 24.0. The number of morpholine rings is 1. The largest absolute Gasteiger partial charge is 0.452 e. The SMILES string of the molecule is CC(=O)c1ccc(S(=O)(=O)N(C)CC(=O)OC(C)C(=O)N2CC(C)OC(C)C2)cc1. The smallest absolute Gasteiger partial charge is 0.322 e. The summed E-state index contributed by atoms with van der Waals surface area (Å²) in [5, 5.41) is 0. The number of carbonyl (C=O) groups is 3. The summed E-state index contributed by atoms with van der Waals surface area (Å²) in [6, 6.07) is 5.43. The molecule has 1 aromatic carbocycles. The number of sulfonamides is 1. The van der Waals surface area contributed by atoms with Crippen LogP contribution in [-0.4, -0.2) is 80.3 Å². The molecule has 0 aliphatic carbocycles. The molecular formula is C20H28N2O7S. The molecule has 0 aromatic heterocycles. The molecule has 0 radical (unpaired) electrons. The first-order valence-electron chi connectivity index (χ1n) is 9.63. The van der Waals surface area contributed by atoms with Crippen LogP contribution < -0.4 is 0 Å². The zero-order valence-electron chi connectivity index (χ0n) is 17.8. The van der Waals surface area contributed by atoms with E-state index < -0.39 is 28.6 Å². The Morgan fingerprint density at radius 1 is 1.17 bits per heavy atom. The number of hydrogen-bond acceptors (Lipinski definition) is 7. The van der Waals surface area contributed by atoms with Crippen LogP contribution in [0.15, 0.2) is 29.2 Å². The summed E-state index contributed by atoms with van der Waals surface area (Å²) in [7, 11) is -2.71. The van der Waals surface area contributed by atoms with E-state index in [-0.39, 0.29) is 28.8 Å². The number of Topliss-reactive ketones (excluding diaryl/α,β-unsaturated/α-hetero) is 1. The van der Waals surface area contributed by atoms with Gasteiger partial charge >= 0.3 is 5.97 Å². The third kappa shape index (κ3) is 5.87. The molecule has 0 bridgehead atoms. The van der Waals surface area contributed by atoms with Crippen LogP contribution in [0, 0.1) is 0 Å². The molecule has 1 heterocycles. The van der Waals surface area contributed by atoms with Crippen molar-refractivity contribution in [1.29, 1.82) is 0 Å². The Labute approximate surface area is 177 Å². The van der Waals surface area contributed by atoms with Gasteiger partial charge in [0, 0.05) is 25.7 Å². The highest BCUT2D eigenvalue weighted by atomic mass is 32.2. The van der Waals surface area contributed by atoms with Crippen molar-refractivity contribution in [2.75, 3.05) is 26.7 Å². The molecule has 3 atom stereocenters. The van der Waals surface area contributed by atoms with Gasteiger partial charge in [0.15, 0.2) is 11.9 Å². The van der Waals surface area contributed by atoms with E-state index in [1.54, 1.807) is 4.90 Å². The van der Waals surface area contributed by atoms with Crippen LogP contribution in [0.25, 0.3) is 0 Å². The van der Waals surface area contributed by atoms with Gasteiger partial charge in [-0.25, -0.2) is 8.42 Å². The molecule has 1 aliphatic heterocycles. The maximum absolute atomic E-state index is 12.6. The monoisotopic (exact) mass is 440 g/mol. The lowest BCUT2D eigenvalue weighted by Crippen LogP contribution is -2.51. The normalized spacial score (nSPS) is 20.7. The summed E-state index contributed by atoms with van der Waals surface area (Å²) in [4.78, 5) is 37.6. The van der Waals surface area contributed by atoms with Gasteiger partial charge in [-0.2, -0.15) is 4.31 Å². The van der Waals surface area contributed by atoms with Crippen LogP contribution in [-0.2, 0) is 29.1 Å². The molecule has 1 aromatic rings. The number of esters is 1. The number of ether oxygens (including phenoxy) is 2. The average Bonchev–Trinajstić information content (AvgIpc) is 2.66. The molecule has 30 heavy (non-hydrogen) atoms. The molecule has 2 rings (SSSR count). The minimum Gasteiger partial charge on any atom is -0.452 e. The van der Waals surface area contributed by atoms with Crippen molar-refractivity contribution in [2.45, 2.75) is 50.9 Å². The number of ketones is 1. The zero-order chi connectivity index (χ0) is 22.6. The fourth-order valence-corrected chi connectivity index (χ4v) is 4.32. The van der Waals surface area contributed by atoms with Crippen molar-refractivity contribution in [1.82, 2.24) is 9.21 Å². The molecule has 9 nitrogen and oxygen atoms in total. The summed E-state index contributed by atoms with van der Waals surface area (Å²) in [6.07, 6.45) is -1.28. The molecule has 1 amide bonds. The number of amides is 1. The minimum atomic E-state index is -3.96. The van der Waals surface area contributed by atoms with Crippen LogP contribution >= 0.6 is 0 Å². The fourth-order valence-electron chi connectivity index (χ4n) is 3.21. The summed E-state index contributed by atoms with van der Waals surface area (Å²) < 4.78 is 36.9. The number of hydrogen-bond donors (Lipinski definition) is 0. The molecule has 1 aliphatic rings. The summed E-state index contributed by atoms with van der Waals surface area (Å²) in [6.45, 7) is 6.80. The second-order valence-corrected chi connectivity index (χ2v) is 9.52. The molecule has 0 saturated carbocycles. The Hall–Kier alpha value is -2.30. The first-order valence-corrected chi connectivity index (χ1v) is 11.1. The Balaban J connectivity index is 1.97. The van der Waals surface area contributed by atoms with Crippen molar-refractivity contribution in [3.05, 3.63) is 29.8 Å². The number of rotatable bonds is 7. The highest BCUT2D eigenvalue weighted by Gasteiger charge is 2.31. The number of likely N-dealkylation sites (N-methyl/N-ethyl adjacent to an activating group) is 1. The van der Waals surface area contributed by atoms with Gasteiger partial charge in [0.05, 0.1) is 17.1 Å². The fraction of sp³-hybridized carbons (Fsp3) is 0.550. The lowest BCUT2D eigenvalue weighted by Gasteiger charge is -2.36. The van der Waals surface area contributed by atoms with Gasteiger partial charge in [-0.1, -0.05) is 12.1 Å². The van der Waals surface area contributed by atoms with Crippen molar-refractivity contribution in [3.8, 4) is 0 Å². The highest BCUT2D eigenvalue weighted by Crippen LogP contribution is 2.16. The van der Waals surface area contributed by atoms with Crippen molar-refractivity contribution in [3.63, 3.8) is 0 Å². The maximum Gasteiger partial charge on any atom is 0.322 e. The Morgan fingerprint density at radius 2 is 1.70 bits per heavy atom. The first-order chi connectivity index (χ1) is 13.9. The third-order valence-corrected chi connectivity index (χ3v) is 6.53. The van der Waals surface area contributed by atoms with E-state index in [2.05, 4.69) is 0 Å². The van der Waals surface area contributed by atoms with Gasteiger partial charge < -0.3 is 14.4 Å². The van der Waals surface area contributed by atoms with Crippen LogP contribution in [0.4, 0.5) is 0 Å². The number of nitrogens with zero attached hydrogens (tertiary/aromatic N) is 2. The molecule has 1 saturated heterocycles.